The average molecular weight is 407 g/mol. The number of H-pyrrole nitrogens is 1. The highest BCUT2D eigenvalue weighted by atomic mass is 16.6. The second-order valence-electron chi connectivity index (χ2n) is 6.87. The molecule has 1 aliphatic rings. The molecule has 1 aromatic heterocycles. The summed E-state index contributed by atoms with van der Waals surface area (Å²) in [4.78, 5) is 39.4. The smallest absolute Gasteiger partial charge is 0.338 e. The van der Waals surface area contributed by atoms with Crippen LogP contribution >= 0.6 is 0 Å². The molecule has 0 bridgehead atoms. The minimum absolute atomic E-state index is 0.0380. The van der Waals surface area contributed by atoms with E-state index in [-0.39, 0.29) is 16.8 Å². The van der Waals surface area contributed by atoms with Gasteiger partial charge in [0.1, 0.15) is 5.82 Å². The number of carbonyl (C=O) groups is 2. The van der Waals surface area contributed by atoms with Crippen LogP contribution in [0.1, 0.15) is 45.3 Å². The van der Waals surface area contributed by atoms with Gasteiger partial charge in [-0.1, -0.05) is 12.1 Å². The van der Waals surface area contributed by atoms with Crippen molar-refractivity contribution >= 4 is 23.3 Å². The molecule has 1 fully saturated rings. The van der Waals surface area contributed by atoms with E-state index >= 15 is 0 Å². The Hall–Kier alpha value is -4.08. The largest absolute Gasteiger partial charge is 0.465 e. The third kappa shape index (κ3) is 4.02. The van der Waals surface area contributed by atoms with Crippen molar-refractivity contribution in [2.24, 2.45) is 0 Å². The van der Waals surface area contributed by atoms with E-state index in [2.05, 4.69) is 25.2 Å². The first kappa shape index (κ1) is 19.2. The molecular weight excluding hydrogens is 390 g/mol. The lowest BCUT2D eigenvalue weighted by molar-refractivity contribution is -0.384. The van der Waals surface area contributed by atoms with Crippen molar-refractivity contribution in [1.82, 2.24) is 15.2 Å². The number of hydrogen-bond donors (Lipinski definition) is 2. The molecule has 10 heteroatoms. The number of anilines is 1. The molecule has 10 nitrogen and oxygen atoms in total. The SMILES string of the molecule is COC(=O)c1cc(C(=O)Nc2cccc(-c3n[nH]c(C4CC4)n3)c2)cc([N+](=O)[O-])c1. The topological polar surface area (TPSA) is 140 Å². The summed E-state index contributed by atoms with van der Waals surface area (Å²) in [5.41, 5.74) is 0.666. The lowest BCUT2D eigenvalue weighted by Gasteiger charge is -2.08. The fourth-order valence-electron chi connectivity index (χ4n) is 2.97. The van der Waals surface area contributed by atoms with Crippen LogP contribution in [0.2, 0.25) is 0 Å². The lowest BCUT2D eigenvalue weighted by Crippen LogP contribution is -2.14. The lowest BCUT2D eigenvalue weighted by atomic mass is 10.1. The zero-order valence-corrected chi connectivity index (χ0v) is 15.9. The zero-order valence-electron chi connectivity index (χ0n) is 15.9. The Morgan fingerprint density at radius 2 is 1.97 bits per heavy atom. The van der Waals surface area contributed by atoms with E-state index in [0.29, 0.717) is 23.0 Å². The van der Waals surface area contributed by atoms with E-state index in [1.807, 2.05) is 6.07 Å². The molecule has 30 heavy (non-hydrogen) atoms. The number of nitro benzene ring substituents is 1. The van der Waals surface area contributed by atoms with Crippen LogP contribution in [0.3, 0.4) is 0 Å². The Kier molecular flexibility index (Phi) is 4.97. The van der Waals surface area contributed by atoms with Crippen LogP contribution in [0.4, 0.5) is 11.4 Å². The molecule has 0 saturated heterocycles. The predicted molar refractivity (Wildman–Crippen MR) is 106 cm³/mol. The summed E-state index contributed by atoms with van der Waals surface area (Å²) in [6, 6.07) is 10.3. The van der Waals surface area contributed by atoms with Gasteiger partial charge in [-0.3, -0.25) is 20.0 Å². The molecule has 0 spiro atoms. The maximum Gasteiger partial charge on any atom is 0.338 e. The van der Waals surface area contributed by atoms with Crippen LogP contribution in [0, 0.1) is 10.1 Å². The minimum atomic E-state index is -0.772. The minimum Gasteiger partial charge on any atom is -0.465 e. The number of nitrogens with one attached hydrogen (secondary N) is 2. The van der Waals surface area contributed by atoms with Gasteiger partial charge in [0.05, 0.1) is 17.6 Å². The van der Waals surface area contributed by atoms with Crippen LogP contribution < -0.4 is 5.32 Å². The van der Waals surface area contributed by atoms with Gasteiger partial charge in [-0.15, -0.1) is 0 Å². The quantitative estimate of drug-likeness (QED) is 0.363. The van der Waals surface area contributed by atoms with Crippen LogP contribution in [-0.4, -0.2) is 39.1 Å². The van der Waals surface area contributed by atoms with E-state index in [1.54, 1.807) is 18.2 Å². The molecule has 4 rings (SSSR count). The van der Waals surface area contributed by atoms with Crippen molar-refractivity contribution in [2.45, 2.75) is 18.8 Å². The number of amides is 1. The molecule has 1 amide bonds. The number of methoxy groups -OCH3 is 1. The maximum absolute atomic E-state index is 12.7. The maximum atomic E-state index is 12.7. The van der Waals surface area contributed by atoms with Gasteiger partial charge in [-0.25, -0.2) is 9.78 Å². The molecule has 1 aliphatic carbocycles. The number of non-ortho nitro benzene ring substituents is 1. The number of esters is 1. The summed E-state index contributed by atoms with van der Waals surface area (Å²) in [6.45, 7) is 0. The van der Waals surface area contributed by atoms with Crippen molar-refractivity contribution in [1.29, 1.82) is 0 Å². The molecular formula is C20H17N5O5. The summed E-state index contributed by atoms with van der Waals surface area (Å²) in [6.07, 6.45) is 2.20. The first-order valence-electron chi connectivity index (χ1n) is 9.16. The normalized spacial score (nSPS) is 13.0. The first-order valence-corrected chi connectivity index (χ1v) is 9.16. The monoisotopic (exact) mass is 407 g/mol. The fourth-order valence-corrected chi connectivity index (χ4v) is 2.97. The standard InChI is InChI=1S/C20H17N5O5/c1-30-20(27)14-7-13(9-16(10-14)25(28)29)19(26)21-15-4-2-3-12(8-15)18-22-17(23-24-18)11-5-6-11/h2-4,7-11H,5-6H2,1H3,(H,21,26)(H,22,23,24). The Morgan fingerprint density at radius 1 is 1.20 bits per heavy atom. The van der Waals surface area contributed by atoms with Crippen molar-refractivity contribution < 1.29 is 19.2 Å². The molecule has 2 aromatic carbocycles. The second kappa shape index (κ2) is 7.74. The highest BCUT2D eigenvalue weighted by Gasteiger charge is 2.27. The fraction of sp³-hybridized carbons (Fsp3) is 0.200. The van der Waals surface area contributed by atoms with Gasteiger partial charge in [0.15, 0.2) is 5.82 Å². The molecule has 152 valence electrons. The van der Waals surface area contributed by atoms with E-state index in [4.69, 9.17) is 0 Å². The van der Waals surface area contributed by atoms with Gasteiger partial charge in [-0.2, -0.15) is 5.10 Å². The number of benzene rings is 2. The second-order valence-corrected chi connectivity index (χ2v) is 6.87. The molecule has 0 aliphatic heterocycles. The number of aromatic nitrogens is 3. The van der Waals surface area contributed by atoms with Crippen molar-refractivity contribution in [2.75, 3.05) is 12.4 Å². The number of hydrogen-bond acceptors (Lipinski definition) is 7. The summed E-state index contributed by atoms with van der Waals surface area (Å²) in [7, 11) is 1.16. The van der Waals surface area contributed by atoms with Crippen LogP contribution in [0.15, 0.2) is 42.5 Å². The van der Waals surface area contributed by atoms with Gasteiger partial charge < -0.3 is 10.1 Å². The van der Waals surface area contributed by atoms with Gasteiger partial charge in [0.25, 0.3) is 11.6 Å². The van der Waals surface area contributed by atoms with Crippen LogP contribution in [0.5, 0.6) is 0 Å². The molecule has 2 N–H and O–H groups in total. The molecule has 0 atom stereocenters. The summed E-state index contributed by atoms with van der Waals surface area (Å²) in [5.74, 6) is 0.440. The Labute approximate surface area is 170 Å². The van der Waals surface area contributed by atoms with Gasteiger partial charge in [0, 0.05) is 34.9 Å². The molecule has 0 radical (unpaired) electrons. The predicted octanol–water partition coefficient (Wildman–Crippen LogP) is 3.30. The van der Waals surface area contributed by atoms with Crippen LogP contribution in [-0.2, 0) is 4.74 Å². The third-order valence-electron chi connectivity index (χ3n) is 4.66. The molecule has 1 saturated carbocycles. The van der Waals surface area contributed by atoms with E-state index in [1.165, 1.54) is 6.07 Å². The number of carbonyl (C=O) groups excluding carboxylic acids is 2. The van der Waals surface area contributed by atoms with E-state index in [9.17, 15) is 19.7 Å². The number of nitro groups is 1. The van der Waals surface area contributed by atoms with Crippen LogP contribution in [0.25, 0.3) is 11.4 Å². The van der Waals surface area contributed by atoms with Crippen molar-refractivity contribution in [3.63, 3.8) is 0 Å². The van der Waals surface area contributed by atoms with Gasteiger partial charge >= 0.3 is 5.97 Å². The Bertz CT molecular complexity index is 1150. The van der Waals surface area contributed by atoms with Crippen molar-refractivity contribution in [3.8, 4) is 11.4 Å². The zero-order chi connectivity index (χ0) is 21.3. The summed E-state index contributed by atoms with van der Waals surface area (Å²) < 4.78 is 4.60. The number of aromatic amines is 1. The highest BCUT2D eigenvalue weighted by molar-refractivity contribution is 6.06. The highest BCUT2D eigenvalue weighted by Crippen LogP contribution is 2.38. The third-order valence-corrected chi connectivity index (χ3v) is 4.66. The average Bonchev–Trinajstić information content (AvgIpc) is 3.49. The molecule has 0 unspecified atom stereocenters. The van der Waals surface area contributed by atoms with Gasteiger partial charge in [-0.05, 0) is 31.0 Å². The Morgan fingerprint density at radius 3 is 2.67 bits per heavy atom. The molecule has 1 heterocycles. The van der Waals surface area contributed by atoms with E-state index < -0.39 is 16.8 Å². The van der Waals surface area contributed by atoms with E-state index in [0.717, 1.165) is 37.9 Å². The number of rotatable bonds is 6. The number of ether oxygens (including phenoxy) is 1. The van der Waals surface area contributed by atoms with Gasteiger partial charge in [0.2, 0.25) is 0 Å². The Balaban J connectivity index is 1.58. The van der Waals surface area contributed by atoms with Crippen molar-refractivity contribution in [3.05, 3.63) is 69.5 Å². The molecule has 3 aromatic rings. The summed E-state index contributed by atoms with van der Waals surface area (Å²) >= 11 is 0. The summed E-state index contributed by atoms with van der Waals surface area (Å²) in [5, 5.41) is 21.0. The first-order chi connectivity index (χ1) is 14.4. The number of nitrogens with zero attached hydrogens (tertiary/aromatic N) is 3.